The molecule has 3 unspecified atom stereocenters. The number of nitrogens with one attached hydrogen (secondary N) is 1. The molecular weight excluding hydrogens is 250 g/mol. The summed E-state index contributed by atoms with van der Waals surface area (Å²) >= 11 is 0. The van der Waals surface area contributed by atoms with Crippen molar-refractivity contribution in [2.45, 2.75) is 39.2 Å². The van der Waals surface area contributed by atoms with E-state index in [-0.39, 0.29) is 0 Å². The van der Waals surface area contributed by atoms with Crippen molar-refractivity contribution < 1.29 is 9.47 Å². The maximum atomic E-state index is 5.57. The first-order chi connectivity index (χ1) is 9.69. The van der Waals surface area contributed by atoms with Gasteiger partial charge in [0.25, 0.3) is 0 Å². The molecule has 0 aromatic heterocycles. The summed E-state index contributed by atoms with van der Waals surface area (Å²) in [5.74, 6) is 2.58. The molecule has 1 N–H and O–H groups in total. The molecule has 0 amide bonds. The van der Waals surface area contributed by atoms with Crippen LogP contribution in [0.1, 0.15) is 33.1 Å². The highest BCUT2D eigenvalue weighted by molar-refractivity contribution is 5.47. The normalized spacial score (nSPS) is 26.2. The van der Waals surface area contributed by atoms with Gasteiger partial charge in [0.15, 0.2) is 0 Å². The number of rotatable bonds is 6. The first-order valence-corrected chi connectivity index (χ1v) is 7.67. The highest BCUT2D eigenvalue weighted by atomic mass is 16.5. The molecule has 1 saturated carbocycles. The molecule has 20 heavy (non-hydrogen) atoms. The van der Waals surface area contributed by atoms with Crippen LogP contribution in [0.15, 0.2) is 24.3 Å². The number of methoxy groups -OCH3 is 1. The van der Waals surface area contributed by atoms with Crippen LogP contribution in [-0.2, 0) is 4.74 Å². The van der Waals surface area contributed by atoms with Gasteiger partial charge in [0.1, 0.15) is 12.4 Å². The molecule has 0 aliphatic heterocycles. The fraction of sp³-hybridized carbons (Fsp3) is 0.647. The fourth-order valence-corrected chi connectivity index (χ4v) is 2.80. The second-order valence-electron chi connectivity index (χ2n) is 5.97. The van der Waals surface area contributed by atoms with E-state index in [9.17, 15) is 0 Å². The molecule has 0 saturated heterocycles. The quantitative estimate of drug-likeness (QED) is 0.799. The van der Waals surface area contributed by atoms with Gasteiger partial charge in [-0.05, 0) is 55.4 Å². The van der Waals surface area contributed by atoms with Gasteiger partial charge in [-0.25, -0.2) is 0 Å². The molecule has 2 rings (SSSR count). The van der Waals surface area contributed by atoms with Crippen molar-refractivity contribution in [1.29, 1.82) is 0 Å². The molecule has 3 atom stereocenters. The highest BCUT2D eigenvalue weighted by Gasteiger charge is 2.24. The molecular formula is C17H27NO2. The van der Waals surface area contributed by atoms with E-state index in [0.29, 0.717) is 19.3 Å². The summed E-state index contributed by atoms with van der Waals surface area (Å²) in [6.07, 6.45) is 3.88. The largest absolute Gasteiger partial charge is 0.491 e. The van der Waals surface area contributed by atoms with Crippen LogP contribution in [0.25, 0.3) is 0 Å². The van der Waals surface area contributed by atoms with Crippen LogP contribution in [0, 0.1) is 11.8 Å². The standard InChI is InChI=1S/C17H27NO2/c1-13-4-5-16(12-14(13)2)18-15-6-8-17(9-7-15)20-11-10-19-3/h6-9,13-14,16,18H,4-5,10-12H2,1-3H3. The lowest BCUT2D eigenvalue weighted by atomic mass is 9.79. The molecule has 1 aromatic carbocycles. The van der Waals surface area contributed by atoms with Crippen molar-refractivity contribution in [2.24, 2.45) is 11.8 Å². The summed E-state index contributed by atoms with van der Waals surface area (Å²) in [5, 5.41) is 3.65. The van der Waals surface area contributed by atoms with Crippen molar-refractivity contribution in [3.63, 3.8) is 0 Å². The molecule has 1 aliphatic rings. The van der Waals surface area contributed by atoms with E-state index in [1.165, 1.54) is 24.9 Å². The topological polar surface area (TPSA) is 30.5 Å². The van der Waals surface area contributed by atoms with Gasteiger partial charge in [0, 0.05) is 18.8 Å². The summed E-state index contributed by atoms with van der Waals surface area (Å²) < 4.78 is 10.5. The molecule has 0 heterocycles. The Kier molecular flexibility index (Phi) is 5.72. The molecule has 1 fully saturated rings. The van der Waals surface area contributed by atoms with Gasteiger partial charge in [-0.3, -0.25) is 0 Å². The zero-order chi connectivity index (χ0) is 14.4. The van der Waals surface area contributed by atoms with Crippen molar-refractivity contribution in [1.82, 2.24) is 0 Å². The minimum absolute atomic E-state index is 0.599. The van der Waals surface area contributed by atoms with Crippen LogP contribution >= 0.6 is 0 Å². The molecule has 0 spiro atoms. The third-order valence-corrected chi connectivity index (χ3v) is 4.38. The molecule has 0 radical (unpaired) electrons. The predicted molar refractivity (Wildman–Crippen MR) is 83.4 cm³/mol. The maximum absolute atomic E-state index is 5.57. The number of hydrogen-bond donors (Lipinski definition) is 1. The Morgan fingerprint density at radius 3 is 2.45 bits per heavy atom. The smallest absolute Gasteiger partial charge is 0.119 e. The molecule has 3 heteroatoms. The van der Waals surface area contributed by atoms with E-state index in [1.54, 1.807) is 7.11 Å². The maximum Gasteiger partial charge on any atom is 0.119 e. The minimum atomic E-state index is 0.599. The predicted octanol–water partition coefficient (Wildman–Crippen LogP) is 3.95. The second kappa shape index (κ2) is 7.53. The first-order valence-electron chi connectivity index (χ1n) is 7.67. The van der Waals surface area contributed by atoms with Crippen molar-refractivity contribution in [2.75, 3.05) is 25.6 Å². The first kappa shape index (κ1) is 15.2. The van der Waals surface area contributed by atoms with Gasteiger partial charge in [-0.15, -0.1) is 0 Å². The van der Waals surface area contributed by atoms with Crippen molar-refractivity contribution in [3.05, 3.63) is 24.3 Å². The number of hydrogen-bond acceptors (Lipinski definition) is 3. The Hall–Kier alpha value is -1.22. The van der Waals surface area contributed by atoms with Gasteiger partial charge in [0.2, 0.25) is 0 Å². The lowest BCUT2D eigenvalue weighted by Crippen LogP contribution is -2.30. The summed E-state index contributed by atoms with van der Waals surface area (Å²) in [5.41, 5.74) is 1.19. The minimum Gasteiger partial charge on any atom is -0.491 e. The highest BCUT2D eigenvalue weighted by Crippen LogP contribution is 2.31. The lowest BCUT2D eigenvalue weighted by molar-refractivity contribution is 0.146. The Bertz CT molecular complexity index is 390. The van der Waals surface area contributed by atoms with Gasteiger partial charge in [-0.1, -0.05) is 13.8 Å². The third-order valence-electron chi connectivity index (χ3n) is 4.38. The van der Waals surface area contributed by atoms with Gasteiger partial charge < -0.3 is 14.8 Å². The lowest BCUT2D eigenvalue weighted by Gasteiger charge is -2.33. The van der Waals surface area contributed by atoms with Gasteiger partial charge in [0.05, 0.1) is 6.61 Å². The zero-order valence-corrected chi connectivity index (χ0v) is 12.9. The van der Waals surface area contributed by atoms with Gasteiger partial charge >= 0.3 is 0 Å². The fourth-order valence-electron chi connectivity index (χ4n) is 2.80. The number of anilines is 1. The van der Waals surface area contributed by atoms with E-state index in [1.807, 2.05) is 12.1 Å². The molecule has 1 aromatic rings. The van der Waals surface area contributed by atoms with Crippen LogP contribution in [-0.4, -0.2) is 26.4 Å². The number of benzene rings is 1. The molecule has 0 bridgehead atoms. The average Bonchev–Trinajstić information content (AvgIpc) is 2.45. The Labute approximate surface area is 122 Å². The zero-order valence-electron chi connectivity index (χ0n) is 12.9. The van der Waals surface area contributed by atoms with Crippen LogP contribution < -0.4 is 10.1 Å². The monoisotopic (exact) mass is 277 g/mol. The van der Waals surface area contributed by atoms with Crippen molar-refractivity contribution in [3.8, 4) is 5.75 Å². The summed E-state index contributed by atoms with van der Waals surface area (Å²) in [6.45, 7) is 5.96. The van der Waals surface area contributed by atoms with E-state index < -0.39 is 0 Å². The third kappa shape index (κ3) is 4.41. The second-order valence-corrected chi connectivity index (χ2v) is 5.97. The Morgan fingerprint density at radius 2 is 1.80 bits per heavy atom. The van der Waals surface area contributed by atoms with Crippen LogP contribution in [0.3, 0.4) is 0 Å². The van der Waals surface area contributed by atoms with E-state index in [2.05, 4.69) is 31.3 Å². The van der Waals surface area contributed by atoms with E-state index >= 15 is 0 Å². The van der Waals surface area contributed by atoms with Gasteiger partial charge in [-0.2, -0.15) is 0 Å². The summed E-state index contributed by atoms with van der Waals surface area (Å²) in [4.78, 5) is 0. The average molecular weight is 277 g/mol. The van der Waals surface area contributed by atoms with Crippen LogP contribution in [0.2, 0.25) is 0 Å². The van der Waals surface area contributed by atoms with Crippen molar-refractivity contribution >= 4 is 5.69 Å². The van der Waals surface area contributed by atoms with E-state index in [0.717, 1.165) is 17.6 Å². The molecule has 1 aliphatic carbocycles. The summed E-state index contributed by atoms with van der Waals surface area (Å²) in [6, 6.07) is 8.86. The molecule has 3 nitrogen and oxygen atoms in total. The van der Waals surface area contributed by atoms with Crippen LogP contribution in [0.5, 0.6) is 5.75 Å². The SMILES string of the molecule is COCCOc1ccc(NC2CCC(C)C(C)C2)cc1. The Morgan fingerprint density at radius 1 is 1.05 bits per heavy atom. The molecule has 112 valence electrons. The summed E-state index contributed by atoms with van der Waals surface area (Å²) in [7, 11) is 1.68. The van der Waals surface area contributed by atoms with Crippen LogP contribution in [0.4, 0.5) is 5.69 Å². The van der Waals surface area contributed by atoms with E-state index in [4.69, 9.17) is 9.47 Å². The Balaban J connectivity index is 1.81. The number of ether oxygens (including phenoxy) is 2.